The molecule has 0 atom stereocenters. The number of hydrogen-bond donors (Lipinski definition) is 2. The molecule has 0 fully saturated rings. The molecule has 39 heavy (non-hydrogen) atoms. The van der Waals surface area contributed by atoms with Crippen LogP contribution in [0.1, 0.15) is 5.56 Å². The Morgan fingerprint density at radius 2 is 1.67 bits per heavy atom. The predicted octanol–water partition coefficient (Wildman–Crippen LogP) is 6.95. The van der Waals surface area contributed by atoms with Crippen molar-refractivity contribution in [1.29, 1.82) is 0 Å². The zero-order valence-electron chi connectivity index (χ0n) is 20.6. The number of nitrogens with one attached hydrogen (secondary N) is 2. The first-order valence-corrected chi connectivity index (χ1v) is 12.4. The van der Waals surface area contributed by atoms with E-state index in [0.29, 0.717) is 23.6 Å². The Labute approximate surface area is 222 Å². The molecule has 0 unspecified atom stereocenters. The zero-order chi connectivity index (χ0) is 26.2. The maximum absolute atomic E-state index is 14.6. The van der Waals surface area contributed by atoms with Gasteiger partial charge in [0, 0.05) is 34.3 Å². The Morgan fingerprint density at radius 3 is 2.56 bits per heavy atom. The summed E-state index contributed by atoms with van der Waals surface area (Å²) in [4.78, 5) is 16.8. The number of aromatic amines is 2. The molecule has 0 saturated heterocycles. The molecule has 2 aromatic carbocycles. The van der Waals surface area contributed by atoms with Crippen LogP contribution in [0.2, 0.25) is 0 Å². The molecule has 5 heterocycles. The number of rotatable bonds is 6. The molecule has 7 rings (SSSR count). The van der Waals surface area contributed by atoms with Gasteiger partial charge in [-0.15, -0.1) is 0 Å². The second kappa shape index (κ2) is 9.50. The number of benzene rings is 2. The summed E-state index contributed by atoms with van der Waals surface area (Å²) in [5.74, 6) is 0.380. The average Bonchev–Trinajstić information content (AvgIpc) is 3.61. The highest BCUT2D eigenvalue weighted by molar-refractivity contribution is 6.00. The van der Waals surface area contributed by atoms with E-state index in [1.54, 1.807) is 36.9 Å². The van der Waals surface area contributed by atoms with Crippen LogP contribution in [0.4, 0.5) is 4.39 Å². The number of H-pyrrole nitrogens is 2. The molecule has 8 heteroatoms. The van der Waals surface area contributed by atoms with Crippen molar-refractivity contribution in [3.63, 3.8) is 0 Å². The fourth-order valence-corrected chi connectivity index (χ4v) is 4.73. The van der Waals surface area contributed by atoms with E-state index in [1.165, 1.54) is 6.07 Å². The van der Waals surface area contributed by atoms with Crippen LogP contribution in [0.3, 0.4) is 0 Å². The van der Waals surface area contributed by atoms with Crippen molar-refractivity contribution in [3.8, 4) is 39.5 Å². The Bertz CT molecular complexity index is 1950. The van der Waals surface area contributed by atoms with Gasteiger partial charge in [-0.05, 0) is 41.5 Å². The van der Waals surface area contributed by atoms with Gasteiger partial charge in [0.2, 0.25) is 0 Å². The molecule has 0 saturated carbocycles. The van der Waals surface area contributed by atoms with Gasteiger partial charge in [-0.2, -0.15) is 5.10 Å². The third kappa shape index (κ3) is 4.27. The lowest BCUT2D eigenvalue weighted by atomic mass is 10.0. The molecule has 0 aliphatic carbocycles. The van der Waals surface area contributed by atoms with Gasteiger partial charge in [0.25, 0.3) is 0 Å². The smallest absolute Gasteiger partial charge is 0.138 e. The number of nitrogens with zero attached hydrogens (tertiary/aromatic N) is 4. The lowest BCUT2D eigenvalue weighted by Gasteiger charge is -2.08. The first kappa shape index (κ1) is 22.8. The minimum absolute atomic E-state index is 0.280. The third-order valence-electron chi connectivity index (χ3n) is 6.66. The number of pyridine rings is 3. The lowest BCUT2D eigenvalue weighted by Crippen LogP contribution is -1.96. The van der Waals surface area contributed by atoms with Crippen molar-refractivity contribution >= 4 is 21.9 Å². The largest absolute Gasteiger partial charge is 0.487 e. The normalized spacial score (nSPS) is 11.3. The van der Waals surface area contributed by atoms with Gasteiger partial charge >= 0.3 is 0 Å². The molecule has 7 nitrogen and oxygen atoms in total. The summed E-state index contributed by atoms with van der Waals surface area (Å²) in [7, 11) is 0. The van der Waals surface area contributed by atoms with Gasteiger partial charge < -0.3 is 9.72 Å². The molecule has 188 valence electrons. The lowest BCUT2D eigenvalue weighted by molar-refractivity contribution is 0.305. The van der Waals surface area contributed by atoms with Crippen molar-refractivity contribution in [2.45, 2.75) is 6.61 Å². The molecule has 0 aliphatic rings. The van der Waals surface area contributed by atoms with E-state index in [0.717, 1.165) is 50.1 Å². The van der Waals surface area contributed by atoms with Gasteiger partial charge in [-0.1, -0.05) is 48.5 Å². The summed E-state index contributed by atoms with van der Waals surface area (Å²) in [6, 6.07) is 24.4. The van der Waals surface area contributed by atoms with Crippen LogP contribution >= 0.6 is 0 Å². The SMILES string of the molecule is Fc1ccccc1-c1ccnc2[nH]c(-c3n[nH]c4cnc(-c5cncc(OCc6ccccc6)c5)cc34)cc12. The quantitative estimate of drug-likeness (QED) is 0.252. The third-order valence-corrected chi connectivity index (χ3v) is 6.66. The van der Waals surface area contributed by atoms with Crippen LogP contribution in [0, 0.1) is 5.82 Å². The standard InChI is InChI=1S/C31H21FN6O/c32-26-9-5-4-8-23(26)22-10-11-34-31-24(22)13-28(36-31)30-25-14-27(35-17-29(25)37-38-30)20-12-21(16-33-15-20)39-18-19-6-2-1-3-7-19/h1-17H,18H2,(H,34,36)(H,37,38). The molecule has 7 aromatic rings. The molecule has 0 spiro atoms. The van der Waals surface area contributed by atoms with Crippen molar-refractivity contribution in [3.05, 3.63) is 115 Å². The summed E-state index contributed by atoms with van der Waals surface area (Å²) in [5.41, 5.74) is 6.87. The summed E-state index contributed by atoms with van der Waals surface area (Å²) >= 11 is 0. The maximum Gasteiger partial charge on any atom is 0.138 e. The van der Waals surface area contributed by atoms with Crippen LogP contribution in [0.15, 0.2) is 104 Å². The Kier molecular flexibility index (Phi) is 5.55. The maximum atomic E-state index is 14.6. The van der Waals surface area contributed by atoms with Crippen molar-refractivity contribution < 1.29 is 9.13 Å². The molecule has 0 amide bonds. The molecular weight excluding hydrogens is 491 g/mol. The highest BCUT2D eigenvalue weighted by Crippen LogP contribution is 2.35. The molecule has 0 aliphatic heterocycles. The molecule has 0 bridgehead atoms. The first-order valence-electron chi connectivity index (χ1n) is 12.4. The van der Waals surface area contributed by atoms with Crippen molar-refractivity contribution in [2.75, 3.05) is 0 Å². The highest BCUT2D eigenvalue weighted by Gasteiger charge is 2.16. The number of hydrogen-bond acceptors (Lipinski definition) is 5. The molecule has 2 N–H and O–H groups in total. The van der Waals surface area contributed by atoms with Crippen molar-refractivity contribution in [2.24, 2.45) is 0 Å². The predicted molar refractivity (Wildman–Crippen MR) is 148 cm³/mol. The number of ether oxygens (including phenoxy) is 1. The van der Waals surface area contributed by atoms with E-state index in [4.69, 9.17) is 4.74 Å². The zero-order valence-corrected chi connectivity index (χ0v) is 20.6. The molecule has 5 aromatic heterocycles. The monoisotopic (exact) mass is 512 g/mol. The summed E-state index contributed by atoms with van der Waals surface area (Å²) < 4.78 is 20.6. The van der Waals surface area contributed by atoms with Crippen LogP contribution in [0.5, 0.6) is 5.75 Å². The van der Waals surface area contributed by atoms with E-state index < -0.39 is 0 Å². The van der Waals surface area contributed by atoms with E-state index in [9.17, 15) is 4.39 Å². The number of halogens is 1. The van der Waals surface area contributed by atoms with Crippen LogP contribution < -0.4 is 4.74 Å². The fraction of sp³-hybridized carbons (Fsp3) is 0.0323. The van der Waals surface area contributed by atoms with Gasteiger partial charge in [0.15, 0.2) is 0 Å². The van der Waals surface area contributed by atoms with E-state index >= 15 is 0 Å². The minimum atomic E-state index is -0.280. The van der Waals surface area contributed by atoms with E-state index in [-0.39, 0.29) is 5.82 Å². The van der Waals surface area contributed by atoms with Crippen molar-refractivity contribution in [1.82, 2.24) is 30.1 Å². The van der Waals surface area contributed by atoms with E-state index in [2.05, 4.69) is 30.1 Å². The summed E-state index contributed by atoms with van der Waals surface area (Å²) in [6.45, 7) is 0.452. The van der Waals surface area contributed by atoms with Gasteiger partial charge in [0.05, 0.1) is 29.3 Å². The Balaban J connectivity index is 1.25. The average molecular weight is 513 g/mol. The summed E-state index contributed by atoms with van der Waals surface area (Å²) in [6.07, 6.45) is 6.88. The van der Waals surface area contributed by atoms with Crippen LogP contribution in [-0.2, 0) is 6.61 Å². The van der Waals surface area contributed by atoms with Gasteiger partial charge in [0.1, 0.15) is 29.5 Å². The molecule has 0 radical (unpaired) electrons. The van der Waals surface area contributed by atoms with E-state index in [1.807, 2.05) is 60.7 Å². The molecular formula is C31H21FN6O. The Hall–Kier alpha value is -5.37. The van der Waals surface area contributed by atoms with Gasteiger partial charge in [-0.3, -0.25) is 15.1 Å². The Morgan fingerprint density at radius 1 is 0.795 bits per heavy atom. The highest BCUT2D eigenvalue weighted by atomic mass is 19.1. The second-order valence-corrected chi connectivity index (χ2v) is 9.15. The topological polar surface area (TPSA) is 92.4 Å². The first-order chi connectivity index (χ1) is 19.2. The second-order valence-electron chi connectivity index (χ2n) is 9.15. The van der Waals surface area contributed by atoms with Crippen LogP contribution in [-0.4, -0.2) is 30.1 Å². The number of aromatic nitrogens is 6. The number of fused-ring (bicyclic) bond motifs is 2. The summed E-state index contributed by atoms with van der Waals surface area (Å²) in [5, 5.41) is 9.32. The van der Waals surface area contributed by atoms with Crippen LogP contribution in [0.25, 0.3) is 55.7 Å². The fourth-order valence-electron chi connectivity index (χ4n) is 4.73. The minimum Gasteiger partial charge on any atom is -0.487 e. The van der Waals surface area contributed by atoms with Gasteiger partial charge in [-0.25, -0.2) is 9.37 Å².